The number of benzene rings is 1. The lowest BCUT2D eigenvalue weighted by Gasteiger charge is -2.36. The maximum Gasteiger partial charge on any atom is 0.407 e. The van der Waals surface area contributed by atoms with Gasteiger partial charge in [0.25, 0.3) is 0 Å². The SMILES string of the molecule is Cc1cccc(N2CCN(CCCCNC(=O)CCNC(=O)OC(C)(C)C)CC2)c1. The van der Waals surface area contributed by atoms with Crippen LogP contribution in [-0.4, -0.2) is 68.3 Å². The molecule has 30 heavy (non-hydrogen) atoms. The second-order valence-electron chi connectivity index (χ2n) is 8.90. The van der Waals surface area contributed by atoms with E-state index in [0.717, 1.165) is 45.6 Å². The predicted molar refractivity (Wildman–Crippen MR) is 121 cm³/mol. The number of amides is 2. The first kappa shape index (κ1) is 24.0. The van der Waals surface area contributed by atoms with Crippen LogP contribution in [-0.2, 0) is 9.53 Å². The van der Waals surface area contributed by atoms with E-state index in [1.807, 2.05) is 20.8 Å². The number of carbonyl (C=O) groups is 2. The largest absolute Gasteiger partial charge is 0.444 e. The number of ether oxygens (including phenoxy) is 1. The Morgan fingerprint density at radius 2 is 1.77 bits per heavy atom. The zero-order valence-electron chi connectivity index (χ0n) is 19.0. The van der Waals surface area contributed by atoms with Gasteiger partial charge in [0.1, 0.15) is 5.60 Å². The molecule has 0 aliphatic carbocycles. The maximum absolute atomic E-state index is 11.9. The Kier molecular flexibility index (Phi) is 9.43. The van der Waals surface area contributed by atoms with Crippen LogP contribution in [0, 0.1) is 6.92 Å². The second kappa shape index (κ2) is 11.8. The van der Waals surface area contributed by atoms with Gasteiger partial charge in [-0.2, -0.15) is 0 Å². The van der Waals surface area contributed by atoms with Gasteiger partial charge in [-0.1, -0.05) is 12.1 Å². The van der Waals surface area contributed by atoms with Crippen molar-refractivity contribution in [3.63, 3.8) is 0 Å². The van der Waals surface area contributed by atoms with Crippen molar-refractivity contribution in [2.45, 2.75) is 52.6 Å². The van der Waals surface area contributed by atoms with Crippen LogP contribution in [0.3, 0.4) is 0 Å². The van der Waals surface area contributed by atoms with Crippen molar-refractivity contribution in [3.05, 3.63) is 29.8 Å². The van der Waals surface area contributed by atoms with Crippen molar-refractivity contribution >= 4 is 17.7 Å². The minimum absolute atomic E-state index is 0.0437. The van der Waals surface area contributed by atoms with Crippen molar-refractivity contribution < 1.29 is 14.3 Å². The van der Waals surface area contributed by atoms with Crippen LogP contribution in [0.15, 0.2) is 24.3 Å². The van der Waals surface area contributed by atoms with E-state index >= 15 is 0 Å². The first-order valence-corrected chi connectivity index (χ1v) is 11.0. The Bertz CT molecular complexity index is 679. The van der Waals surface area contributed by atoms with E-state index in [9.17, 15) is 9.59 Å². The molecular weight excluding hydrogens is 380 g/mol. The van der Waals surface area contributed by atoms with Crippen LogP contribution in [0.2, 0.25) is 0 Å². The molecule has 1 aliphatic rings. The smallest absolute Gasteiger partial charge is 0.407 e. The third-order valence-corrected chi connectivity index (χ3v) is 4.98. The van der Waals surface area contributed by atoms with Gasteiger partial charge in [-0.3, -0.25) is 9.69 Å². The van der Waals surface area contributed by atoms with Crippen LogP contribution >= 0.6 is 0 Å². The summed E-state index contributed by atoms with van der Waals surface area (Å²) in [4.78, 5) is 28.3. The molecule has 1 aliphatic heterocycles. The summed E-state index contributed by atoms with van der Waals surface area (Å²) in [6.45, 7) is 13.9. The van der Waals surface area contributed by atoms with Gasteiger partial charge < -0.3 is 20.3 Å². The van der Waals surface area contributed by atoms with E-state index < -0.39 is 11.7 Å². The molecule has 0 unspecified atom stereocenters. The fraction of sp³-hybridized carbons (Fsp3) is 0.652. The topological polar surface area (TPSA) is 73.9 Å². The number of carbonyl (C=O) groups excluding carboxylic acids is 2. The summed E-state index contributed by atoms with van der Waals surface area (Å²) in [6.07, 6.45) is 1.81. The molecule has 7 nitrogen and oxygen atoms in total. The number of hydrogen-bond donors (Lipinski definition) is 2. The first-order chi connectivity index (χ1) is 14.2. The van der Waals surface area contributed by atoms with Crippen LogP contribution in [0.25, 0.3) is 0 Å². The predicted octanol–water partition coefficient (Wildman–Crippen LogP) is 2.93. The van der Waals surface area contributed by atoms with E-state index in [0.29, 0.717) is 6.54 Å². The summed E-state index contributed by atoms with van der Waals surface area (Å²) in [7, 11) is 0. The van der Waals surface area contributed by atoms with Gasteiger partial charge in [0.2, 0.25) is 5.91 Å². The Morgan fingerprint density at radius 1 is 1.03 bits per heavy atom. The van der Waals surface area contributed by atoms with Crippen LogP contribution in [0.1, 0.15) is 45.6 Å². The molecule has 2 rings (SSSR count). The average molecular weight is 419 g/mol. The number of aryl methyl sites for hydroxylation is 1. The van der Waals surface area contributed by atoms with Crippen LogP contribution in [0.5, 0.6) is 0 Å². The van der Waals surface area contributed by atoms with Gasteiger partial charge in [-0.25, -0.2) is 4.79 Å². The summed E-state index contributed by atoms with van der Waals surface area (Å²) in [5.41, 5.74) is 2.09. The second-order valence-corrected chi connectivity index (χ2v) is 8.90. The fourth-order valence-electron chi connectivity index (χ4n) is 3.42. The van der Waals surface area contributed by atoms with Gasteiger partial charge in [0, 0.05) is 51.4 Å². The van der Waals surface area contributed by atoms with Crippen molar-refractivity contribution in [2.75, 3.05) is 50.7 Å². The molecule has 1 heterocycles. The molecule has 1 aromatic carbocycles. The summed E-state index contributed by atoms with van der Waals surface area (Å²) >= 11 is 0. The maximum atomic E-state index is 11.9. The van der Waals surface area contributed by atoms with E-state index in [-0.39, 0.29) is 18.9 Å². The van der Waals surface area contributed by atoms with Crippen molar-refractivity contribution in [2.24, 2.45) is 0 Å². The zero-order valence-corrected chi connectivity index (χ0v) is 19.0. The van der Waals surface area contributed by atoms with Gasteiger partial charge in [0.05, 0.1) is 0 Å². The number of rotatable bonds is 9. The normalized spacial score (nSPS) is 15.0. The lowest BCUT2D eigenvalue weighted by molar-refractivity contribution is -0.120. The van der Waals surface area contributed by atoms with Crippen LogP contribution in [0.4, 0.5) is 10.5 Å². The number of hydrogen-bond acceptors (Lipinski definition) is 5. The van der Waals surface area contributed by atoms with Gasteiger partial charge in [-0.15, -0.1) is 0 Å². The molecule has 7 heteroatoms. The number of piperazine rings is 1. The van der Waals surface area contributed by atoms with E-state index in [2.05, 4.69) is 51.6 Å². The first-order valence-electron chi connectivity index (χ1n) is 11.0. The fourth-order valence-corrected chi connectivity index (χ4v) is 3.42. The molecule has 1 aromatic rings. The summed E-state index contributed by atoms with van der Waals surface area (Å²) in [5.74, 6) is -0.0437. The lowest BCUT2D eigenvalue weighted by atomic mass is 10.2. The number of unbranched alkanes of at least 4 members (excludes halogenated alkanes) is 1. The number of alkyl carbamates (subject to hydrolysis) is 1. The Morgan fingerprint density at radius 3 is 2.43 bits per heavy atom. The quantitative estimate of drug-likeness (QED) is 0.603. The Labute approximate surface area is 181 Å². The molecule has 1 saturated heterocycles. The number of nitrogens with one attached hydrogen (secondary N) is 2. The molecule has 0 saturated carbocycles. The third-order valence-electron chi connectivity index (χ3n) is 4.98. The summed E-state index contributed by atoms with van der Waals surface area (Å²) in [5, 5.41) is 5.52. The molecule has 168 valence electrons. The summed E-state index contributed by atoms with van der Waals surface area (Å²) in [6, 6.07) is 8.70. The van der Waals surface area contributed by atoms with E-state index in [1.54, 1.807) is 0 Å². The molecule has 2 amide bonds. The average Bonchev–Trinajstić information content (AvgIpc) is 2.67. The molecule has 0 atom stereocenters. The number of anilines is 1. The third kappa shape index (κ3) is 9.48. The van der Waals surface area contributed by atoms with E-state index in [4.69, 9.17) is 4.74 Å². The Hall–Kier alpha value is -2.28. The van der Waals surface area contributed by atoms with Gasteiger partial charge in [0.15, 0.2) is 0 Å². The van der Waals surface area contributed by atoms with Gasteiger partial charge >= 0.3 is 6.09 Å². The van der Waals surface area contributed by atoms with E-state index in [1.165, 1.54) is 11.3 Å². The lowest BCUT2D eigenvalue weighted by Crippen LogP contribution is -2.46. The minimum Gasteiger partial charge on any atom is -0.444 e. The highest BCUT2D eigenvalue weighted by molar-refractivity contribution is 5.77. The van der Waals surface area contributed by atoms with Crippen LogP contribution < -0.4 is 15.5 Å². The minimum atomic E-state index is -0.528. The highest BCUT2D eigenvalue weighted by atomic mass is 16.6. The Balaban J connectivity index is 1.49. The molecule has 2 N–H and O–H groups in total. The molecule has 0 spiro atoms. The van der Waals surface area contributed by atoms with Gasteiger partial charge in [-0.05, 0) is 64.8 Å². The standard InChI is InChI=1S/C23H38N4O3/c1-19-8-7-9-20(18-19)27-16-14-26(15-17-27)13-6-5-11-24-21(28)10-12-25-22(29)30-23(2,3)4/h7-9,18H,5-6,10-17H2,1-4H3,(H,24,28)(H,25,29). The van der Waals surface area contributed by atoms with Crippen molar-refractivity contribution in [3.8, 4) is 0 Å². The molecule has 1 fully saturated rings. The van der Waals surface area contributed by atoms with Crippen molar-refractivity contribution in [1.82, 2.24) is 15.5 Å². The highest BCUT2D eigenvalue weighted by Crippen LogP contribution is 2.17. The molecular formula is C23H38N4O3. The molecule has 0 aromatic heterocycles. The zero-order chi connectivity index (χ0) is 22.0. The highest BCUT2D eigenvalue weighted by Gasteiger charge is 2.17. The van der Waals surface area contributed by atoms with Crippen molar-refractivity contribution in [1.29, 1.82) is 0 Å². The number of nitrogens with zero attached hydrogens (tertiary/aromatic N) is 2. The molecule has 0 radical (unpaired) electrons. The molecule has 0 bridgehead atoms. The summed E-state index contributed by atoms with van der Waals surface area (Å²) < 4.78 is 5.14. The monoisotopic (exact) mass is 418 g/mol.